The summed E-state index contributed by atoms with van der Waals surface area (Å²) in [6.07, 6.45) is 11.7. The molecule has 2 aliphatic heterocycles. The average Bonchev–Trinajstić information content (AvgIpc) is 4.14. The summed E-state index contributed by atoms with van der Waals surface area (Å²) in [5.41, 5.74) is 17.7. The van der Waals surface area contributed by atoms with Crippen LogP contribution in [0.1, 0.15) is 33.4 Å². The fourth-order valence-electron chi connectivity index (χ4n) is 10.8. The third-order valence-electron chi connectivity index (χ3n) is 13.6. The molecule has 72 heavy (non-hydrogen) atoms. The van der Waals surface area contributed by atoms with E-state index in [2.05, 4.69) is 148 Å². The van der Waals surface area contributed by atoms with Crippen LogP contribution in [0.2, 0.25) is 0 Å². The Bertz CT molecular complexity index is 3860. The van der Waals surface area contributed by atoms with E-state index in [0.29, 0.717) is 23.0 Å². The molecule has 0 radical (unpaired) electrons. The predicted octanol–water partition coefficient (Wildman–Crippen LogP) is 14.2. The number of hydrogen-bond donors (Lipinski definition) is 0. The first-order valence-electron chi connectivity index (χ1n) is 24.1. The lowest BCUT2D eigenvalue weighted by molar-refractivity contribution is -0.429. The molecule has 10 nitrogen and oxygen atoms in total. The molecule has 0 atom stereocenters. The molecule has 0 N–H and O–H groups in total. The van der Waals surface area contributed by atoms with E-state index in [4.69, 9.17) is 19.4 Å². The molecule has 348 valence electrons. The van der Waals surface area contributed by atoms with Gasteiger partial charge in [-0.15, -0.1) is 0 Å². The zero-order valence-electron chi connectivity index (χ0n) is 41.6. The quantitative estimate of drug-likeness (QED) is 0.128. The van der Waals surface area contributed by atoms with Gasteiger partial charge in [-0.25, -0.2) is 9.97 Å². The lowest BCUT2D eigenvalue weighted by atomic mass is 9.94. The van der Waals surface area contributed by atoms with E-state index >= 15 is 0 Å². The summed E-state index contributed by atoms with van der Waals surface area (Å²) in [5, 5.41) is 2.01. The molecular weight excluding hydrogens is 889 g/mol. The van der Waals surface area contributed by atoms with Gasteiger partial charge in [0.25, 0.3) is 12.4 Å². The molecule has 6 heterocycles. The molecule has 0 spiro atoms. The molecule has 4 aromatic heterocycles. The van der Waals surface area contributed by atoms with Crippen molar-refractivity contribution in [2.24, 2.45) is 0 Å². The van der Waals surface area contributed by atoms with Gasteiger partial charge in [0.2, 0.25) is 23.8 Å². The van der Waals surface area contributed by atoms with Crippen molar-refractivity contribution < 1.29 is 27.8 Å². The number of benzene rings is 6. The normalized spacial score (nSPS) is 13.1. The average molecular weight is 941 g/mol. The van der Waals surface area contributed by atoms with E-state index in [9.17, 15) is 0 Å². The van der Waals surface area contributed by atoms with E-state index in [-0.39, 0.29) is 0 Å². The zero-order chi connectivity index (χ0) is 49.4. The van der Waals surface area contributed by atoms with E-state index in [1.54, 1.807) is 0 Å². The van der Waals surface area contributed by atoms with Gasteiger partial charge >= 0.3 is 12.0 Å². The molecule has 0 fully saturated rings. The smallest absolute Gasteiger partial charge is 0.457 e. The van der Waals surface area contributed by atoms with Crippen LogP contribution in [0.4, 0.5) is 11.4 Å². The molecular formula is C62H52N8O2+4. The minimum Gasteiger partial charge on any atom is -0.457 e. The molecule has 12 rings (SSSR count). The fraction of sp³-hybridized carbons (Fsp3) is 0.129. The number of rotatable bonds is 10. The Morgan fingerprint density at radius 1 is 0.431 bits per heavy atom. The van der Waals surface area contributed by atoms with Crippen LogP contribution in [0.25, 0.3) is 66.7 Å². The molecule has 6 aromatic carbocycles. The Morgan fingerprint density at radius 3 is 1.22 bits per heavy atom. The highest BCUT2D eigenvalue weighted by molar-refractivity contribution is 6.20. The van der Waals surface area contributed by atoms with Gasteiger partial charge in [-0.05, 0) is 147 Å². The molecule has 0 bridgehead atoms. The van der Waals surface area contributed by atoms with Gasteiger partial charge in [-0.3, -0.25) is 9.13 Å². The number of hydrogen-bond acceptors (Lipinski definition) is 4. The van der Waals surface area contributed by atoms with E-state index < -0.39 is 0 Å². The number of ether oxygens (including phenoxy) is 2. The van der Waals surface area contributed by atoms with Gasteiger partial charge < -0.3 is 9.47 Å². The molecule has 0 unspecified atom stereocenters. The zero-order valence-corrected chi connectivity index (χ0v) is 41.6. The first kappa shape index (κ1) is 44.0. The Kier molecular flexibility index (Phi) is 10.6. The summed E-state index contributed by atoms with van der Waals surface area (Å²) in [5.74, 6) is 4.36. The van der Waals surface area contributed by atoms with Crippen LogP contribution in [-0.4, -0.2) is 63.5 Å². The third kappa shape index (κ3) is 7.81. The highest BCUT2D eigenvalue weighted by Gasteiger charge is 2.26. The van der Waals surface area contributed by atoms with Gasteiger partial charge in [0, 0.05) is 47.4 Å². The second kappa shape index (κ2) is 17.3. The molecule has 0 saturated heterocycles. The summed E-state index contributed by atoms with van der Waals surface area (Å²) >= 11 is 0. The molecule has 10 aromatic rings. The summed E-state index contributed by atoms with van der Waals surface area (Å²) in [6, 6.07) is 53.1. The monoisotopic (exact) mass is 940 g/mol. The van der Waals surface area contributed by atoms with Crippen molar-refractivity contribution >= 4 is 56.2 Å². The summed E-state index contributed by atoms with van der Waals surface area (Å²) in [4.78, 5) is 10.4. The predicted molar refractivity (Wildman–Crippen MR) is 286 cm³/mol. The first-order valence-corrected chi connectivity index (χ1v) is 24.1. The van der Waals surface area contributed by atoms with Crippen LogP contribution in [0.15, 0.2) is 171 Å². The third-order valence-corrected chi connectivity index (χ3v) is 13.6. The fourth-order valence-corrected chi connectivity index (χ4v) is 10.8. The SMILES string of the molecule is Cc1cc(C)c(-c2ccnc(-n3c4cc(Oc5cccc([N+]6=C=[N+](C)C=C6)c5)ccc4c4c3c3ccc(Oc5cccc([N+]6=C=[N+](C)C=C6)c5)cc3n4-c3cc(-c4c(C)cc(C)cc4C)ccn3)c2)c(C)c1. The Morgan fingerprint density at radius 2 is 0.833 bits per heavy atom. The van der Waals surface area contributed by atoms with Gasteiger partial charge in [0.15, 0.2) is 14.1 Å². The number of fused-ring (bicyclic) bond motifs is 5. The van der Waals surface area contributed by atoms with Crippen LogP contribution >= 0.6 is 0 Å². The van der Waals surface area contributed by atoms with Gasteiger partial charge in [0.05, 0.1) is 34.2 Å². The lowest BCUT2D eigenvalue weighted by Gasteiger charge is -2.15. The van der Waals surface area contributed by atoms with Crippen molar-refractivity contribution in [1.29, 1.82) is 0 Å². The summed E-state index contributed by atoms with van der Waals surface area (Å²) < 4.78 is 25.8. The standard InChI is InChI=1S/C62H52N8O2/c1-39-27-41(3)59(42(4)28-39)45-19-21-63-57(31-45)69-55-35-51(71-49-13-9-11-47(33-49)67-25-23-65(7)37-67)15-17-53(55)62-61(69)54-18-16-52(72-50-14-10-12-48(34-50)68-26-24-66(8)38-68)36-56(54)70(62)58-32-46(20-22-64-58)60-43(5)29-40(2)30-44(60)6/h9-36H,1-8H3/q+4. The van der Waals surface area contributed by atoms with Crippen molar-refractivity contribution in [3.8, 4) is 56.9 Å². The number of aryl methyl sites for hydroxylation is 6. The van der Waals surface area contributed by atoms with Crippen LogP contribution in [-0.2, 0) is 0 Å². The van der Waals surface area contributed by atoms with Crippen molar-refractivity contribution in [3.05, 3.63) is 204 Å². The minimum absolute atomic E-state index is 0.690. The molecule has 0 amide bonds. The Labute approximate surface area is 417 Å². The molecule has 0 aliphatic carbocycles. The maximum absolute atomic E-state index is 6.75. The van der Waals surface area contributed by atoms with Crippen molar-refractivity contribution in [2.45, 2.75) is 41.5 Å². The highest BCUT2D eigenvalue weighted by Crippen LogP contribution is 2.44. The van der Waals surface area contributed by atoms with Crippen LogP contribution in [0.3, 0.4) is 0 Å². The molecule has 10 heteroatoms. The summed E-state index contributed by atoms with van der Waals surface area (Å²) in [7, 11) is 3.92. The van der Waals surface area contributed by atoms with Crippen LogP contribution in [0.5, 0.6) is 23.0 Å². The topological polar surface area (TPSA) is 66.1 Å². The van der Waals surface area contributed by atoms with Crippen LogP contribution < -0.4 is 9.47 Å². The highest BCUT2D eigenvalue weighted by atomic mass is 16.5. The number of nitrogens with zero attached hydrogens (tertiary/aromatic N) is 8. The second-order valence-electron chi connectivity index (χ2n) is 19.0. The van der Waals surface area contributed by atoms with E-state index in [1.807, 2.05) is 118 Å². The van der Waals surface area contributed by atoms with E-state index in [0.717, 1.165) is 67.0 Å². The number of aromatic nitrogens is 4. The van der Waals surface area contributed by atoms with Gasteiger partial charge in [-0.2, -0.15) is 0 Å². The largest absolute Gasteiger partial charge is 0.495 e. The van der Waals surface area contributed by atoms with E-state index in [1.165, 1.54) is 44.5 Å². The van der Waals surface area contributed by atoms with Crippen molar-refractivity contribution in [1.82, 2.24) is 19.1 Å². The maximum Gasteiger partial charge on any atom is 0.495 e. The van der Waals surface area contributed by atoms with Gasteiger partial charge in [-0.1, -0.05) is 65.8 Å². The first-order chi connectivity index (χ1) is 34.9. The lowest BCUT2D eigenvalue weighted by Crippen LogP contribution is -1.99. The Balaban J connectivity index is 1.11. The van der Waals surface area contributed by atoms with Crippen molar-refractivity contribution in [3.63, 3.8) is 0 Å². The van der Waals surface area contributed by atoms with Crippen molar-refractivity contribution in [2.75, 3.05) is 14.1 Å². The number of pyridine rings is 2. The second-order valence-corrected chi connectivity index (χ2v) is 19.0. The summed E-state index contributed by atoms with van der Waals surface area (Å²) in [6.45, 7) is 13.1. The van der Waals surface area contributed by atoms with Crippen LogP contribution in [0, 0.1) is 41.5 Å². The molecule has 0 saturated carbocycles. The molecule has 2 aliphatic rings. The Hall–Kier alpha value is -9.20. The maximum atomic E-state index is 6.75. The minimum atomic E-state index is 0.690. The van der Waals surface area contributed by atoms with Gasteiger partial charge in [0.1, 0.15) is 34.6 Å².